The van der Waals surface area contributed by atoms with Crippen molar-refractivity contribution >= 4 is 49.1 Å². The molecule has 3 aromatic rings. The third-order valence-electron chi connectivity index (χ3n) is 3.71. The molecule has 0 atom stereocenters. The molecule has 1 amide bonds. The molecule has 0 aliphatic rings. The maximum atomic E-state index is 11.8. The van der Waals surface area contributed by atoms with Crippen LogP contribution in [0, 0.1) is 0 Å². The summed E-state index contributed by atoms with van der Waals surface area (Å²) in [5.74, 6) is -1.03. The van der Waals surface area contributed by atoms with Crippen molar-refractivity contribution in [2.75, 3.05) is 11.9 Å². The van der Waals surface area contributed by atoms with E-state index in [1.807, 2.05) is 24.3 Å². The lowest BCUT2D eigenvalue weighted by Gasteiger charge is -2.07. The average molecular weight is 419 g/mol. The number of nitrogens with two attached hydrogens (primary N) is 1. The first kappa shape index (κ1) is 19.9. The van der Waals surface area contributed by atoms with Gasteiger partial charge in [-0.25, -0.2) is 18.5 Å². The molecular weight excluding hydrogens is 402 g/mol. The monoisotopic (exact) mass is 419 g/mol. The molecule has 3 N–H and O–H groups in total. The fourth-order valence-electron chi connectivity index (χ4n) is 2.38. The predicted octanol–water partition coefficient (Wildman–Crippen LogP) is 2.06. The number of fused-ring (bicyclic) bond motifs is 1. The van der Waals surface area contributed by atoms with Crippen LogP contribution in [0.25, 0.3) is 10.2 Å². The second-order valence-electron chi connectivity index (χ2n) is 5.85. The number of hydrogen-bond donors (Lipinski definition) is 2. The Balaban J connectivity index is 1.44. The van der Waals surface area contributed by atoms with Crippen LogP contribution in [0.1, 0.15) is 11.4 Å². The Hall–Kier alpha value is -2.82. The standard InChI is InChI=1S/C18H17N3O5S2/c19-28(24,25)13-7-5-12(6-8-13)20-16(22)11-26-18(23)10-9-17-21-14-3-1-2-4-15(14)27-17/h1-8H,9-11H2,(H,20,22)(H2,19,24,25). The van der Waals surface area contributed by atoms with E-state index >= 15 is 0 Å². The first-order valence-corrected chi connectivity index (χ1v) is 10.6. The summed E-state index contributed by atoms with van der Waals surface area (Å²) in [5, 5.41) is 8.34. The number of hydrogen-bond acceptors (Lipinski definition) is 7. The smallest absolute Gasteiger partial charge is 0.306 e. The van der Waals surface area contributed by atoms with E-state index < -0.39 is 28.5 Å². The Kier molecular flexibility index (Phi) is 6.02. The highest BCUT2D eigenvalue weighted by molar-refractivity contribution is 7.89. The number of primary sulfonamides is 1. The van der Waals surface area contributed by atoms with Crippen molar-refractivity contribution < 1.29 is 22.7 Å². The number of thiazole rings is 1. The molecule has 0 saturated heterocycles. The molecule has 3 rings (SSSR count). The minimum Gasteiger partial charge on any atom is -0.456 e. The molecule has 8 nitrogen and oxygen atoms in total. The predicted molar refractivity (Wildman–Crippen MR) is 105 cm³/mol. The number of para-hydroxylation sites is 1. The largest absolute Gasteiger partial charge is 0.456 e. The van der Waals surface area contributed by atoms with Crippen LogP contribution in [0.15, 0.2) is 53.4 Å². The van der Waals surface area contributed by atoms with Gasteiger partial charge >= 0.3 is 5.97 Å². The van der Waals surface area contributed by atoms with E-state index in [4.69, 9.17) is 9.88 Å². The highest BCUT2D eigenvalue weighted by Crippen LogP contribution is 2.22. The number of aryl methyl sites for hydroxylation is 1. The minimum atomic E-state index is -3.79. The molecule has 0 aliphatic carbocycles. The SMILES string of the molecule is NS(=O)(=O)c1ccc(NC(=O)COC(=O)CCc2nc3ccccc3s2)cc1. The Morgan fingerprint density at radius 1 is 1.11 bits per heavy atom. The van der Waals surface area contributed by atoms with E-state index in [-0.39, 0.29) is 11.3 Å². The molecule has 0 unspecified atom stereocenters. The topological polar surface area (TPSA) is 128 Å². The molecule has 28 heavy (non-hydrogen) atoms. The van der Waals surface area contributed by atoms with Crippen LogP contribution >= 0.6 is 11.3 Å². The Labute approximate surface area is 165 Å². The van der Waals surface area contributed by atoms with Gasteiger partial charge in [0.1, 0.15) is 0 Å². The number of amides is 1. The molecule has 0 radical (unpaired) electrons. The number of carbonyl (C=O) groups is 2. The van der Waals surface area contributed by atoms with E-state index in [1.165, 1.54) is 35.6 Å². The second-order valence-corrected chi connectivity index (χ2v) is 8.53. The molecule has 0 saturated carbocycles. The molecular formula is C18H17N3O5S2. The number of ether oxygens (including phenoxy) is 1. The van der Waals surface area contributed by atoms with Crippen molar-refractivity contribution in [1.29, 1.82) is 0 Å². The number of nitrogens with one attached hydrogen (secondary N) is 1. The lowest BCUT2D eigenvalue weighted by molar-refractivity contribution is -0.147. The normalized spacial score (nSPS) is 11.3. The number of benzene rings is 2. The van der Waals surface area contributed by atoms with Gasteiger partial charge in [-0.05, 0) is 36.4 Å². The number of anilines is 1. The van der Waals surface area contributed by atoms with Gasteiger partial charge in [0, 0.05) is 12.1 Å². The van der Waals surface area contributed by atoms with Crippen molar-refractivity contribution in [3.8, 4) is 0 Å². The van der Waals surface area contributed by atoms with Crippen molar-refractivity contribution in [3.05, 3.63) is 53.5 Å². The quantitative estimate of drug-likeness (QED) is 0.564. The number of carbonyl (C=O) groups excluding carboxylic acids is 2. The van der Waals surface area contributed by atoms with E-state index in [0.717, 1.165) is 15.2 Å². The summed E-state index contributed by atoms with van der Waals surface area (Å²) in [5.41, 5.74) is 1.26. The maximum absolute atomic E-state index is 11.8. The van der Waals surface area contributed by atoms with Crippen molar-refractivity contribution in [2.24, 2.45) is 5.14 Å². The van der Waals surface area contributed by atoms with E-state index in [2.05, 4.69) is 10.3 Å². The van der Waals surface area contributed by atoms with Gasteiger partial charge < -0.3 is 10.1 Å². The molecule has 2 aromatic carbocycles. The zero-order valence-corrected chi connectivity index (χ0v) is 16.3. The zero-order chi connectivity index (χ0) is 20.1. The fraction of sp³-hybridized carbons (Fsp3) is 0.167. The molecule has 0 aliphatic heterocycles. The third kappa shape index (κ3) is 5.35. The average Bonchev–Trinajstić information content (AvgIpc) is 3.07. The summed E-state index contributed by atoms with van der Waals surface area (Å²) in [4.78, 5) is 28.1. The van der Waals surface area contributed by atoms with Gasteiger partial charge in [-0.3, -0.25) is 9.59 Å². The number of esters is 1. The van der Waals surface area contributed by atoms with E-state index in [1.54, 1.807) is 0 Å². The minimum absolute atomic E-state index is 0.0632. The van der Waals surface area contributed by atoms with Crippen LogP contribution in [-0.2, 0) is 30.8 Å². The van der Waals surface area contributed by atoms with Crippen LogP contribution in [0.5, 0.6) is 0 Å². The van der Waals surface area contributed by atoms with Crippen molar-refractivity contribution in [2.45, 2.75) is 17.7 Å². The molecule has 10 heteroatoms. The summed E-state index contributed by atoms with van der Waals surface area (Å²) in [6.07, 6.45) is 0.560. The molecule has 146 valence electrons. The lowest BCUT2D eigenvalue weighted by Crippen LogP contribution is -2.21. The van der Waals surface area contributed by atoms with Gasteiger partial charge in [-0.15, -0.1) is 11.3 Å². The molecule has 1 heterocycles. The Morgan fingerprint density at radius 2 is 1.82 bits per heavy atom. The molecule has 1 aromatic heterocycles. The fourth-order valence-corrected chi connectivity index (χ4v) is 3.86. The molecule has 0 fully saturated rings. The number of sulfonamides is 1. The Bertz CT molecular complexity index is 1070. The summed E-state index contributed by atoms with van der Waals surface area (Å²) in [6, 6.07) is 13.0. The van der Waals surface area contributed by atoms with Gasteiger partial charge in [-0.2, -0.15) is 0 Å². The van der Waals surface area contributed by atoms with Crippen LogP contribution < -0.4 is 10.5 Å². The van der Waals surface area contributed by atoms with Crippen LogP contribution in [0.4, 0.5) is 5.69 Å². The van der Waals surface area contributed by atoms with Gasteiger partial charge in [0.2, 0.25) is 10.0 Å². The number of aromatic nitrogens is 1. The van der Waals surface area contributed by atoms with Crippen molar-refractivity contribution in [1.82, 2.24) is 4.98 Å². The van der Waals surface area contributed by atoms with Gasteiger partial charge in [-0.1, -0.05) is 12.1 Å². The van der Waals surface area contributed by atoms with E-state index in [0.29, 0.717) is 12.1 Å². The zero-order valence-electron chi connectivity index (χ0n) is 14.6. The summed E-state index contributed by atoms with van der Waals surface area (Å²) < 4.78 is 28.4. The second kappa shape index (κ2) is 8.46. The van der Waals surface area contributed by atoms with Gasteiger partial charge in [0.05, 0.1) is 26.5 Å². The highest BCUT2D eigenvalue weighted by atomic mass is 32.2. The summed E-state index contributed by atoms with van der Waals surface area (Å²) in [7, 11) is -3.79. The lowest BCUT2D eigenvalue weighted by atomic mass is 10.3. The van der Waals surface area contributed by atoms with Crippen molar-refractivity contribution in [3.63, 3.8) is 0 Å². The highest BCUT2D eigenvalue weighted by Gasteiger charge is 2.11. The van der Waals surface area contributed by atoms with Gasteiger partial charge in [0.25, 0.3) is 5.91 Å². The van der Waals surface area contributed by atoms with Crippen LogP contribution in [0.2, 0.25) is 0 Å². The van der Waals surface area contributed by atoms with Crippen LogP contribution in [0.3, 0.4) is 0 Å². The number of rotatable bonds is 7. The molecule has 0 spiro atoms. The van der Waals surface area contributed by atoms with Crippen LogP contribution in [-0.4, -0.2) is 31.9 Å². The first-order valence-electron chi connectivity index (χ1n) is 8.24. The summed E-state index contributed by atoms with van der Waals surface area (Å²) in [6.45, 7) is -0.435. The van der Waals surface area contributed by atoms with E-state index in [9.17, 15) is 18.0 Å². The maximum Gasteiger partial charge on any atom is 0.306 e. The number of nitrogens with zero attached hydrogens (tertiary/aromatic N) is 1. The Morgan fingerprint density at radius 3 is 2.50 bits per heavy atom. The van der Waals surface area contributed by atoms with Gasteiger partial charge in [0.15, 0.2) is 6.61 Å². The molecule has 0 bridgehead atoms. The third-order valence-corrected chi connectivity index (χ3v) is 5.74. The summed E-state index contributed by atoms with van der Waals surface area (Å²) >= 11 is 1.52. The first-order chi connectivity index (χ1) is 13.3.